The molecular formula is C19H25N5O2. The van der Waals surface area contributed by atoms with Crippen LogP contribution in [0.3, 0.4) is 0 Å². The Labute approximate surface area is 153 Å². The van der Waals surface area contributed by atoms with Crippen LogP contribution in [-0.4, -0.2) is 70.1 Å². The van der Waals surface area contributed by atoms with E-state index in [0.29, 0.717) is 19.1 Å². The van der Waals surface area contributed by atoms with E-state index in [0.717, 1.165) is 50.4 Å². The lowest BCUT2D eigenvalue weighted by Gasteiger charge is -2.39. The van der Waals surface area contributed by atoms with Crippen molar-refractivity contribution in [3.8, 4) is 0 Å². The van der Waals surface area contributed by atoms with Gasteiger partial charge in [0.15, 0.2) is 0 Å². The van der Waals surface area contributed by atoms with E-state index >= 15 is 0 Å². The van der Waals surface area contributed by atoms with Crippen LogP contribution in [0.1, 0.15) is 36.2 Å². The normalized spacial score (nSPS) is 20.8. The van der Waals surface area contributed by atoms with Crippen molar-refractivity contribution in [2.45, 2.75) is 24.8 Å². The highest BCUT2D eigenvalue weighted by atomic mass is 16.5. The third-order valence-electron chi connectivity index (χ3n) is 5.36. The van der Waals surface area contributed by atoms with Crippen LogP contribution in [0, 0.1) is 0 Å². The molecule has 2 aliphatic rings. The van der Waals surface area contributed by atoms with Crippen LogP contribution in [0.25, 0.3) is 0 Å². The molecule has 1 N–H and O–H groups in total. The van der Waals surface area contributed by atoms with Crippen molar-refractivity contribution in [2.75, 3.05) is 39.4 Å². The van der Waals surface area contributed by atoms with Crippen molar-refractivity contribution in [1.29, 1.82) is 0 Å². The Hall–Kier alpha value is -2.25. The molecule has 2 aliphatic heterocycles. The van der Waals surface area contributed by atoms with E-state index in [1.54, 1.807) is 12.4 Å². The summed E-state index contributed by atoms with van der Waals surface area (Å²) in [6.07, 6.45) is 9.12. The summed E-state index contributed by atoms with van der Waals surface area (Å²) in [7, 11) is 0. The Morgan fingerprint density at radius 1 is 1.19 bits per heavy atom. The van der Waals surface area contributed by atoms with Crippen molar-refractivity contribution in [2.24, 2.45) is 0 Å². The molecule has 2 saturated heterocycles. The second kappa shape index (κ2) is 7.97. The predicted molar refractivity (Wildman–Crippen MR) is 96.5 cm³/mol. The maximum atomic E-state index is 13.4. The first-order valence-corrected chi connectivity index (χ1v) is 9.32. The second-order valence-corrected chi connectivity index (χ2v) is 6.91. The number of rotatable bonds is 4. The number of aromatic amines is 1. The number of amides is 1. The second-order valence-electron chi connectivity index (χ2n) is 6.91. The molecule has 0 aliphatic carbocycles. The Morgan fingerprint density at radius 2 is 2.00 bits per heavy atom. The van der Waals surface area contributed by atoms with Gasteiger partial charge in [0.2, 0.25) is 5.91 Å². The van der Waals surface area contributed by atoms with Crippen LogP contribution < -0.4 is 0 Å². The Morgan fingerprint density at radius 3 is 2.65 bits per heavy atom. The zero-order valence-electron chi connectivity index (χ0n) is 14.9. The van der Waals surface area contributed by atoms with Crippen LogP contribution in [-0.2, 0) is 9.53 Å². The van der Waals surface area contributed by atoms with Gasteiger partial charge in [0.25, 0.3) is 0 Å². The quantitative estimate of drug-likeness (QED) is 0.901. The zero-order chi connectivity index (χ0) is 17.8. The van der Waals surface area contributed by atoms with Crippen molar-refractivity contribution in [3.63, 3.8) is 0 Å². The number of carbonyl (C=O) groups is 1. The van der Waals surface area contributed by atoms with Crippen LogP contribution in [0.5, 0.6) is 0 Å². The van der Waals surface area contributed by atoms with Gasteiger partial charge in [0, 0.05) is 56.9 Å². The van der Waals surface area contributed by atoms with Crippen molar-refractivity contribution < 1.29 is 9.53 Å². The Balaban J connectivity index is 1.48. The van der Waals surface area contributed by atoms with Gasteiger partial charge in [-0.2, -0.15) is 0 Å². The molecule has 2 fully saturated rings. The molecule has 4 rings (SSSR count). The molecule has 0 unspecified atom stereocenters. The predicted octanol–water partition coefficient (Wildman–Crippen LogP) is 1.58. The number of likely N-dealkylation sites (tertiary alicyclic amines) is 1. The summed E-state index contributed by atoms with van der Waals surface area (Å²) in [5, 5.41) is 0. The number of aromatic nitrogens is 3. The molecule has 138 valence electrons. The van der Waals surface area contributed by atoms with Gasteiger partial charge in [0.1, 0.15) is 11.9 Å². The van der Waals surface area contributed by atoms with E-state index in [1.807, 2.05) is 29.4 Å². The molecule has 4 heterocycles. The SMILES string of the molecule is O=C([C@@H](c1cccnc1)N1CCOCC1)N1CCC(c2ncc[nH]2)CC1. The number of imidazole rings is 1. The molecule has 2 aromatic rings. The van der Waals surface area contributed by atoms with E-state index in [-0.39, 0.29) is 11.9 Å². The average molecular weight is 355 g/mol. The first kappa shape index (κ1) is 17.2. The summed E-state index contributed by atoms with van der Waals surface area (Å²) >= 11 is 0. The lowest BCUT2D eigenvalue weighted by atomic mass is 9.95. The first-order chi connectivity index (χ1) is 12.8. The molecule has 0 bridgehead atoms. The van der Waals surface area contributed by atoms with Gasteiger partial charge < -0.3 is 14.6 Å². The minimum absolute atomic E-state index is 0.179. The number of ether oxygens (including phenoxy) is 1. The lowest BCUT2D eigenvalue weighted by Crippen LogP contribution is -2.49. The number of pyridine rings is 1. The largest absolute Gasteiger partial charge is 0.379 e. The first-order valence-electron chi connectivity index (χ1n) is 9.32. The number of nitrogens with zero attached hydrogens (tertiary/aromatic N) is 4. The van der Waals surface area contributed by atoms with E-state index in [9.17, 15) is 4.79 Å². The van der Waals surface area contributed by atoms with E-state index in [1.165, 1.54) is 0 Å². The zero-order valence-corrected chi connectivity index (χ0v) is 14.9. The number of carbonyl (C=O) groups excluding carboxylic acids is 1. The minimum Gasteiger partial charge on any atom is -0.379 e. The number of H-pyrrole nitrogens is 1. The fraction of sp³-hybridized carbons (Fsp3) is 0.526. The van der Waals surface area contributed by atoms with Gasteiger partial charge in [-0.05, 0) is 24.5 Å². The number of morpholine rings is 1. The standard InChI is InChI=1S/C19H25N5O2/c25-19(24-8-3-15(4-9-24)18-21-6-7-22-18)17(16-2-1-5-20-14-16)23-10-12-26-13-11-23/h1-2,5-7,14-15,17H,3-4,8-13H2,(H,21,22)/t17-/m1/s1. The van der Waals surface area contributed by atoms with Gasteiger partial charge in [-0.1, -0.05) is 6.07 Å². The van der Waals surface area contributed by atoms with Gasteiger partial charge in [-0.3, -0.25) is 14.7 Å². The summed E-state index contributed by atoms with van der Waals surface area (Å²) in [6, 6.07) is 3.63. The molecule has 26 heavy (non-hydrogen) atoms. The average Bonchev–Trinajstić information content (AvgIpc) is 3.25. The fourth-order valence-electron chi connectivity index (χ4n) is 3.93. The molecule has 0 saturated carbocycles. The fourth-order valence-corrected chi connectivity index (χ4v) is 3.93. The van der Waals surface area contributed by atoms with Crippen LogP contribution in [0.4, 0.5) is 0 Å². The van der Waals surface area contributed by atoms with Gasteiger partial charge >= 0.3 is 0 Å². The van der Waals surface area contributed by atoms with Crippen molar-refractivity contribution >= 4 is 5.91 Å². The number of hydrogen-bond acceptors (Lipinski definition) is 5. The summed E-state index contributed by atoms with van der Waals surface area (Å²) in [5.41, 5.74) is 0.965. The number of piperidine rings is 1. The molecule has 1 amide bonds. The highest BCUT2D eigenvalue weighted by molar-refractivity contribution is 5.83. The van der Waals surface area contributed by atoms with Crippen LogP contribution >= 0.6 is 0 Å². The number of nitrogens with one attached hydrogen (secondary N) is 1. The summed E-state index contributed by atoms with van der Waals surface area (Å²) in [4.78, 5) is 29.4. The van der Waals surface area contributed by atoms with E-state index in [2.05, 4.69) is 19.9 Å². The Bertz CT molecular complexity index is 692. The van der Waals surface area contributed by atoms with Gasteiger partial charge in [-0.25, -0.2) is 4.98 Å². The molecule has 0 spiro atoms. The topological polar surface area (TPSA) is 74.4 Å². The lowest BCUT2D eigenvalue weighted by molar-refractivity contribution is -0.140. The van der Waals surface area contributed by atoms with E-state index < -0.39 is 0 Å². The molecule has 2 aromatic heterocycles. The highest BCUT2D eigenvalue weighted by Gasteiger charge is 2.34. The monoisotopic (exact) mass is 355 g/mol. The third-order valence-corrected chi connectivity index (χ3v) is 5.36. The smallest absolute Gasteiger partial charge is 0.244 e. The highest BCUT2D eigenvalue weighted by Crippen LogP contribution is 2.29. The molecule has 7 heteroatoms. The molecule has 7 nitrogen and oxygen atoms in total. The molecule has 1 atom stereocenters. The minimum atomic E-state index is -0.271. The van der Waals surface area contributed by atoms with Crippen molar-refractivity contribution in [1.82, 2.24) is 24.8 Å². The molecular weight excluding hydrogens is 330 g/mol. The molecule has 0 aromatic carbocycles. The maximum Gasteiger partial charge on any atom is 0.244 e. The summed E-state index contributed by atoms with van der Waals surface area (Å²) < 4.78 is 5.47. The number of hydrogen-bond donors (Lipinski definition) is 1. The summed E-state index contributed by atoms with van der Waals surface area (Å²) in [5.74, 6) is 1.63. The van der Waals surface area contributed by atoms with Crippen LogP contribution in [0.2, 0.25) is 0 Å². The van der Waals surface area contributed by atoms with E-state index in [4.69, 9.17) is 4.74 Å². The maximum absolute atomic E-state index is 13.4. The van der Waals surface area contributed by atoms with Gasteiger partial charge in [-0.15, -0.1) is 0 Å². The van der Waals surface area contributed by atoms with Gasteiger partial charge in [0.05, 0.1) is 13.2 Å². The summed E-state index contributed by atoms with van der Waals surface area (Å²) in [6.45, 7) is 4.42. The third kappa shape index (κ3) is 3.64. The van der Waals surface area contributed by atoms with Crippen molar-refractivity contribution in [3.05, 3.63) is 48.3 Å². The Kier molecular flexibility index (Phi) is 5.26. The molecule has 0 radical (unpaired) electrons. The van der Waals surface area contributed by atoms with Crippen LogP contribution in [0.15, 0.2) is 36.9 Å².